The van der Waals surface area contributed by atoms with Crippen molar-refractivity contribution in [1.82, 2.24) is 5.32 Å². The average molecular weight is 299 g/mol. The summed E-state index contributed by atoms with van der Waals surface area (Å²) in [6.07, 6.45) is 0.893. The third-order valence-corrected chi connectivity index (χ3v) is 4.32. The quantitative estimate of drug-likeness (QED) is 0.723. The first-order valence-corrected chi connectivity index (χ1v) is 7.74. The molecule has 1 aromatic rings. The third kappa shape index (κ3) is 3.79. The molecule has 114 valence electrons. The van der Waals surface area contributed by atoms with E-state index in [1.807, 2.05) is 6.92 Å². The molecule has 0 bridgehead atoms. The number of nitrogen functional groups attached to an aromatic ring is 1. The standard InChI is InChI=1S/C14H25N3O2S/c1-6-7-16-13(18)12-10(15)11(19-5)14(20-12)17-9(4)8(2)3/h8-9,17H,6-7,15H2,1-5H3,(H,16,18). The van der Waals surface area contributed by atoms with Gasteiger partial charge in [-0.1, -0.05) is 20.8 Å². The zero-order valence-electron chi connectivity index (χ0n) is 12.9. The van der Waals surface area contributed by atoms with Crippen LogP contribution in [0.4, 0.5) is 10.7 Å². The van der Waals surface area contributed by atoms with Crippen LogP contribution in [-0.2, 0) is 0 Å². The molecule has 1 unspecified atom stereocenters. The fraction of sp³-hybridized carbons (Fsp3) is 0.643. The molecule has 1 amide bonds. The molecule has 0 aliphatic heterocycles. The van der Waals surface area contributed by atoms with Crippen LogP contribution in [0.25, 0.3) is 0 Å². The van der Waals surface area contributed by atoms with Gasteiger partial charge < -0.3 is 21.1 Å². The Kier molecular flexibility index (Phi) is 6.13. The second-order valence-corrected chi connectivity index (χ2v) is 6.16. The van der Waals surface area contributed by atoms with Crippen LogP contribution < -0.4 is 21.1 Å². The highest BCUT2D eigenvalue weighted by molar-refractivity contribution is 7.19. The lowest BCUT2D eigenvalue weighted by Crippen LogP contribution is -2.23. The molecule has 0 saturated heterocycles. The van der Waals surface area contributed by atoms with Crippen LogP contribution in [0.15, 0.2) is 0 Å². The van der Waals surface area contributed by atoms with E-state index < -0.39 is 0 Å². The number of anilines is 2. The van der Waals surface area contributed by atoms with Crippen LogP contribution in [0.1, 0.15) is 43.8 Å². The van der Waals surface area contributed by atoms with E-state index in [1.165, 1.54) is 11.3 Å². The van der Waals surface area contributed by atoms with E-state index in [2.05, 4.69) is 31.4 Å². The van der Waals surface area contributed by atoms with E-state index in [0.29, 0.717) is 28.8 Å². The van der Waals surface area contributed by atoms with Crippen molar-refractivity contribution in [3.63, 3.8) is 0 Å². The first-order valence-electron chi connectivity index (χ1n) is 6.93. The molecule has 0 spiro atoms. The van der Waals surface area contributed by atoms with Crippen LogP contribution in [0.3, 0.4) is 0 Å². The van der Waals surface area contributed by atoms with Crippen molar-refractivity contribution in [3.8, 4) is 5.75 Å². The van der Waals surface area contributed by atoms with Crippen LogP contribution >= 0.6 is 11.3 Å². The summed E-state index contributed by atoms with van der Waals surface area (Å²) in [5.41, 5.74) is 6.43. The van der Waals surface area contributed by atoms with Crippen molar-refractivity contribution < 1.29 is 9.53 Å². The number of hydrogen-bond acceptors (Lipinski definition) is 5. The van der Waals surface area contributed by atoms with E-state index in [1.54, 1.807) is 7.11 Å². The Morgan fingerprint density at radius 1 is 1.40 bits per heavy atom. The second-order valence-electron chi connectivity index (χ2n) is 5.14. The molecule has 1 aromatic heterocycles. The topological polar surface area (TPSA) is 76.4 Å². The molecule has 0 saturated carbocycles. The minimum absolute atomic E-state index is 0.141. The maximum absolute atomic E-state index is 12.1. The number of carbonyl (C=O) groups is 1. The second kappa shape index (κ2) is 7.38. The largest absolute Gasteiger partial charge is 0.492 e. The van der Waals surface area contributed by atoms with Crippen LogP contribution in [0.2, 0.25) is 0 Å². The fourth-order valence-corrected chi connectivity index (χ4v) is 2.69. The number of thiophene rings is 1. The van der Waals surface area contributed by atoms with Crippen LogP contribution in [0, 0.1) is 5.92 Å². The van der Waals surface area contributed by atoms with E-state index in [4.69, 9.17) is 10.5 Å². The summed E-state index contributed by atoms with van der Waals surface area (Å²) in [6, 6.07) is 0.272. The molecule has 0 fully saturated rings. The summed E-state index contributed by atoms with van der Waals surface area (Å²) in [5, 5.41) is 7.02. The van der Waals surface area contributed by atoms with Gasteiger partial charge in [-0.25, -0.2) is 0 Å². The SMILES string of the molecule is CCCNC(=O)c1sc(NC(C)C(C)C)c(OC)c1N. The van der Waals surface area contributed by atoms with E-state index >= 15 is 0 Å². The van der Waals surface area contributed by atoms with Gasteiger partial charge in [-0.3, -0.25) is 4.79 Å². The summed E-state index contributed by atoms with van der Waals surface area (Å²) in [4.78, 5) is 12.6. The maximum atomic E-state index is 12.1. The molecule has 0 aliphatic carbocycles. The molecule has 20 heavy (non-hydrogen) atoms. The molecule has 0 aromatic carbocycles. The first-order chi connectivity index (χ1) is 9.42. The van der Waals surface area contributed by atoms with Crippen LogP contribution in [-0.4, -0.2) is 25.6 Å². The summed E-state index contributed by atoms with van der Waals surface area (Å²) in [5.74, 6) is 0.891. The number of methoxy groups -OCH3 is 1. The van der Waals surface area contributed by atoms with Gasteiger partial charge in [0.1, 0.15) is 15.6 Å². The van der Waals surface area contributed by atoms with E-state index in [0.717, 1.165) is 11.4 Å². The minimum Gasteiger partial charge on any atom is -0.492 e. The lowest BCUT2D eigenvalue weighted by Gasteiger charge is -2.18. The van der Waals surface area contributed by atoms with Gasteiger partial charge >= 0.3 is 0 Å². The highest BCUT2D eigenvalue weighted by atomic mass is 32.1. The van der Waals surface area contributed by atoms with Crippen molar-refractivity contribution >= 4 is 27.9 Å². The van der Waals surface area contributed by atoms with Gasteiger partial charge in [-0.2, -0.15) is 0 Å². The van der Waals surface area contributed by atoms with Crippen molar-refractivity contribution in [2.24, 2.45) is 5.92 Å². The molecule has 5 nitrogen and oxygen atoms in total. The summed E-state index contributed by atoms with van der Waals surface area (Å²) in [6.45, 7) is 9.02. The molecular weight excluding hydrogens is 274 g/mol. The van der Waals surface area contributed by atoms with Gasteiger partial charge in [-0.05, 0) is 19.3 Å². The highest BCUT2D eigenvalue weighted by Crippen LogP contribution is 2.43. The van der Waals surface area contributed by atoms with Gasteiger partial charge in [0, 0.05) is 12.6 Å². The van der Waals surface area contributed by atoms with Crippen molar-refractivity contribution in [1.29, 1.82) is 0 Å². The summed E-state index contributed by atoms with van der Waals surface area (Å²) < 4.78 is 5.33. The molecular formula is C14H25N3O2S. The number of ether oxygens (including phenoxy) is 1. The number of hydrogen-bond donors (Lipinski definition) is 3. The van der Waals surface area contributed by atoms with Gasteiger partial charge in [0.25, 0.3) is 5.91 Å². The maximum Gasteiger partial charge on any atom is 0.263 e. The van der Waals surface area contributed by atoms with Crippen molar-refractivity contribution in [2.45, 2.75) is 40.2 Å². The molecule has 0 aliphatic rings. The predicted octanol–water partition coefficient (Wildman–Crippen LogP) is 2.94. The first kappa shape index (κ1) is 16.6. The lowest BCUT2D eigenvalue weighted by molar-refractivity contribution is 0.0958. The van der Waals surface area contributed by atoms with E-state index in [-0.39, 0.29) is 11.9 Å². The smallest absolute Gasteiger partial charge is 0.263 e. The number of carbonyl (C=O) groups excluding carboxylic acids is 1. The van der Waals surface area contributed by atoms with Crippen molar-refractivity contribution in [2.75, 3.05) is 24.7 Å². The summed E-state index contributed by atoms with van der Waals surface area (Å²) in [7, 11) is 1.57. The van der Waals surface area contributed by atoms with E-state index in [9.17, 15) is 4.79 Å². The molecule has 1 rings (SSSR count). The zero-order valence-corrected chi connectivity index (χ0v) is 13.7. The Labute approximate surface area is 124 Å². The van der Waals surface area contributed by atoms with Gasteiger partial charge in [-0.15, -0.1) is 11.3 Å². The Hall–Kier alpha value is -1.43. The fourth-order valence-electron chi connectivity index (χ4n) is 1.59. The number of amides is 1. The normalized spacial score (nSPS) is 12.3. The Morgan fingerprint density at radius 3 is 2.55 bits per heavy atom. The van der Waals surface area contributed by atoms with Gasteiger partial charge in [0.2, 0.25) is 0 Å². The molecule has 1 atom stereocenters. The molecule has 4 N–H and O–H groups in total. The van der Waals surface area contributed by atoms with Gasteiger partial charge in [0.05, 0.1) is 7.11 Å². The Balaban J connectivity index is 2.99. The number of nitrogens with two attached hydrogens (primary N) is 1. The lowest BCUT2D eigenvalue weighted by atomic mass is 10.1. The van der Waals surface area contributed by atoms with Crippen LogP contribution in [0.5, 0.6) is 5.75 Å². The molecule has 1 heterocycles. The Morgan fingerprint density at radius 2 is 2.05 bits per heavy atom. The zero-order chi connectivity index (χ0) is 15.3. The third-order valence-electron chi connectivity index (χ3n) is 3.20. The van der Waals surface area contributed by atoms with Crippen molar-refractivity contribution in [3.05, 3.63) is 4.88 Å². The van der Waals surface area contributed by atoms with Gasteiger partial charge in [0.15, 0.2) is 5.75 Å². The summed E-state index contributed by atoms with van der Waals surface area (Å²) >= 11 is 1.34. The monoisotopic (exact) mass is 299 g/mol. The Bertz CT molecular complexity index is 458. The minimum atomic E-state index is -0.141. The molecule has 0 radical (unpaired) electrons. The number of rotatable bonds is 7. The molecule has 6 heteroatoms. The number of nitrogens with one attached hydrogen (secondary N) is 2. The average Bonchev–Trinajstić information content (AvgIpc) is 2.72. The predicted molar refractivity (Wildman–Crippen MR) is 85.8 cm³/mol. The highest BCUT2D eigenvalue weighted by Gasteiger charge is 2.23.